The molecule has 0 saturated carbocycles. The summed E-state index contributed by atoms with van der Waals surface area (Å²) >= 11 is 5.66. The molecule has 1 aromatic carbocycles. The molecule has 9 heteroatoms. The van der Waals surface area contributed by atoms with Gasteiger partial charge in [0.05, 0.1) is 18.7 Å². The quantitative estimate of drug-likeness (QED) is 0.381. The molecule has 0 fully saturated rings. The maximum absolute atomic E-state index is 13.3. The molecule has 0 aliphatic carbocycles. The van der Waals surface area contributed by atoms with Crippen LogP contribution in [0.2, 0.25) is 0 Å². The molecule has 204 valence electrons. The summed E-state index contributed by atoms with van der Waals surface area (Å²) in [6.45, 7) is 15.2. The van der Waals surface area contributed by atoms with Gasteiger partial charge in [-0.1, -0.05) is 65.0 Å². The summed E-state index contributed by atoms with van der Waals surface area (Å²) < 4.78 is 5.55. The number of carbonyl (C=O) groups excluding carboxylic acids is 3. The fourth-order valence-corrected chi connectivity index (χ4v) is 3.71. The third kappa shape index (κ3) is 11.6. The lowest BCUT2D eigenvalue weighted by Gasteiger charge is -2.35. The zero-order valence-electron chi connectivity index (χ0n) is 22.9. The third-order valence-electron chi connectivity index (χ3n) is 5.29. The van der Waals surface area contributed by atoms with Crippen LogP contribution in [0.1, 0.15) is 61.0 Å². The average molecular weight is 526 g/mol. The number of hydrogen-bond donors (Lipinski definition) is 3. The predicted molar refractivity (Wildman–Crippen MR) is 143 cm³/mol. The molecule has 8 nitrogen and oxygen atoms in total. The molecule has 0 aromatic heterocycles. The summed E-state index contributed by atoms with van der Waals surface area (Å²) in [6, 6.07) is 7.86. The second-order valence-electron chi connectivity index (χ2n) is 11.7. The van der Waals surface area contributed by atoms with Crippen LogP contribution in [0.15, 0.2) is 30.3 Å². The summed E-state index contributed by atoms with van der Waals surface area (Å²) in [7, 11) is 0. The first-order chi connectivity index (χ1) is 16.5. The summed E-state index contributed by atoms with van der Waals surface area (Å²) in [6.07, 6.45) is -1.29. The van der Waals surface area contributed by atoms with Gasteiger partial charge < -0.3 is 25.4 Å². The van der Waals surface area contributed by atoms with Crippen LogP contribution in [0, 0.1) is 11.3 Å². The lowest BCUT2D eigenvalue weighted by Crippen LogP contribution is -2.59. The molecule has 3 amide bonds. The number of hydrogen-bond acceptors (Lipinski definition) is 5. The van der Waals surface area contributed by atoms with Crippen molar-refractivity contribution in [2.24, 2.45) is 11.3 Å². The van der Waals surface area contributed by atoms with Gasteiger partial charge in [0.2, 0.25) is 11.8 Å². The van der Waals surface area contributed by atoms with Gasteiger partial charge in [-0.15, -0.1) is 11.6 Å². The minimum absolute atomic E-state index is 0.0287. The molecule has 0 aliphatic rings. The van der Waals surface area contributed by atoms with Crippen LogP contribution < -0.4 is 10.6 Å². The Morgan fingerprint density at radius 2 is 1.58 bits per heavy atom. The van der Waals surface area contributed by atoms with Crippen LogP contribution in [-0.4, -0.2) is 70.7 Å². The van der Waals surface area contributed by atoms with Crippen LogP contribution in [0.3, 0.4) is 0 Å². The Kier molecular flexibility index (Phi) is 12.2. The number of aliphatic hydroxyl groups excluding tert-OH is 1. The molecule has 0 bridgehead atoms. The molecule has 0 saturated heterocycles. The molecule has 2 unspecified atom stereocenters. The number of alkyl halides is 1. The molecule has 36 heavy (non-hydrogen) atoms. The van der Waals surface area contributed by atoms with Crippen molar-refractivity contribution in [1.82, 2.24) is 15.5 Å². The highest BCUT2D eigenvalue weighted by molar-refractivity contribution is 6.27. The van der Waals surface area contributed by atoms with Crippen LogP contribution in [0.4, 0.5) is 4.79 Å². The summed E-state index contributed by atoms with van der Waals surface area (Å²) in [5.74, 6) is -1.02. The SMILES string of the molecule is CC(C)CN(CC(O)C(Cc1ccccc1)NC(=O)[C@@H](NC(=O)CCl)C(C)(C)C)C(=O)OC(C)(C)C. The Morgan fingerprint density at radius 3 is 2.06 bits per heavy atom. The van der Waals surface area contributed by atoms with Gasteiger partial charge in [-0.25, -0.2) is 4.79 Å². The lowest BCUT2D eigenvalue weighted by molar-refractivity contribution is -0.131. The topological polar surface area (TPSA) is 108 Å². The molecule has 1 aromatic rings. The van der Waals surface area contributed by atoms with Crippen molar-refractivity contribution in [3.8, 4) is 0 Å². The molecule has 1 rings (SSSR count). The number of amides is 3. The Labute approximate surface area is 221 Å². The van der Waals surface area contributed by atoms with E-state index in [1.165, 1.54) is 4.90 Å². The molecule has 3 N–H and O–H groups in total. The molecular formula is C27H44ClN3O5. The minimum atomic E-state index is -1.09. The van der Waals surface area contributed by atoms with E-state index in [1.807, 2.05) is 65.0 Å². The van der Waals surface area contributed by atoms with E-state index in [-0.39, 0.29) is 18.3 Å². The minimum Gasteiger partial charge on any atom is -0.444 e. The second kappa shape index (κ2) is 13.8. The largest absolute Gasteiger partial charge is 0.444 e. The van der Waals surface area contributed by atoms with Crippen molar-refractivity contribution >= 4 is 29.5 Å². The normalized spacial score (nSPS) is 14.5. The third-order valence-corrected chi connectivity index (χ3v) is 5.53. The van der Waals surface area contributed by atoms with Gasteiger partial charge in [-0.3, -0.25) is 9.59 Å². The molecule has 0 spiro atoms. The van der Waals surface area contributed by atoms with Crippen molar-refractivity contribution in [2.75, 3.05) is 19.0 Å². The summed E-state index contributed by atoms with van der Waals surface area (Å²) in [4.78, 5) is 39.7. The van der Waals surface area contributed by atoms with Gasteiger partial charge in [0, 0.05) is 6.54 Å². The first-order valence-electron chi connectivity index (χ1n) is 12.4. The fourth-order valence-electron chi connectivity index (χ4n) is 3.64. The number of aliphatic hydroxyl groups is 1. The van der Waals surface area contributed by atoms with Gasteiger partial charge in [-0.2, -0.15) is 0 Å². The van der Waals surface area contributed by atoms with Gasteiger partial charge in [0.1, 0.15) is 17.5 Å². The molecule has 0 aliphatic heterocycles. The number of rotatable bonds is 11. The summed E-state index contributed by atoms with van der Waals surface area (Å²) in [5, 5.41) is 16.9. The second-order valence-corrected chi connectivity index (χ2v) is 11.9. The maximum Gasteiger partial charge on any atom is 0.410 e. The smallest absolute Gasteiger partial charge is 0.410 e. The van der Waals surface area contributed by atoms with Crippen LogP contribution in [0.25, 0.3) is 0 Å². The van der Waals surface area contributed by atoms with E-state index in [4.69, 9.17) is 16.3 Å². The summed E-state index contributed by atoms with van der Waals surface area (Å²) in [5.41, 5.74) is -0.379. The zero-order chi connectivity index (χ0) is 27.7. The Morgan fingerprint density at radius 1 is 1.00 bits per heavy atom. The van der Waals surface area contributed by atoms with E-state index in [1.54, 1.807) is 20.8 Å². The Hall–Kier alpha value is -2.32. The highest BCUT2D eigenvalue weighted by Gasteiger charge is 2.36. The fraction of sp³-hybridized carbons (Fsp3) is 0.667. The van der Waals surface area contributed by atoms with E-state index >= 15 is 0 Å². The number of nitrogens with zero attached hydrogens (tertiary/aromatic N) is 1. The standard InChI is InChI=1S/C27H44ClN3O5/c1-18(2)16-31(25(35)36-27(6,7)8)17-21(32)20(14-19-12-10-9-11-13-19)29-24(34)23(26(3,4)5)30-22(33)15-28/h9-13,18,20-21,23,32H,14-17H2,1-8H3,(H,29,34)(H,30,33)/t20?,21?,23-/m1/s1. The molecule has 0 heterocycles. The monoisotopic (exact) mass is 525 g/mol. The maximum atomic E-state index is 13.3. The highest BCUT2D eigenvalue weighted by Crippen LogP contribution is 2.21. The van der Waals surface area contributed by atoms with Crippen molar-refractivity contribution in [2.45, 2.75) is 85.6 Å². The van der Waals surface area contributed by atoms with Crippen molar-refractivity contribution < 1.29 is 24.2 Å². The van der Waals surface area contributed by atoms with Crippen LogP contribution >= 0.6 is 11.6 Å². The van der Waals surface area contributed by atoms with Crippen molar-refractivity contribution in [3.63, 3.8) is 0 Å². The van der Waals surface area contributed by atoms with Crippen molar-refractivity contribution in [3.05, 3.63) is 35.9 Å². The first-order valence-corrected chi connectivity index (χ1v) is 12.9. The van der Waals surface area contributed by atoms with E-state index in [2.05, 4.69) is 10.6 Å². The molecule has 0 radical (unpaired) electrons. The van der Waals surface area contributed by atoms with Crippen LogP contribution in [0.5, 0.6) is 0 Å². The van der Waals surface area contributed by atoms with Crippen molar-refractivity contribution in [1.29, 1.82) is 0 Å². The first kappa shape index (κ1) is 31.7. The van der Waals surface area contributed by atoms with Gasteiger partial charge in [0.25, 0.3) is 0 Å². The van der Waals surface area contributed by atoms with Gasteiger partial charge in [-0.05, 0) is 44.1 Å². The average Bonchev–Trinajstić information content (AvgIpc) is 2.74. The number of benzene rings is 1. The number of ether oxygens (including phenoxy) is 1. The Balaban J connectivity index is 3.21. The highest BCUT2D eigenvalue weighted by atomic mass is 35.5. The van der Waals surface area contributed by atoms with E-state index < -0.39 is 47.1 Å². The number of nitrogens with one attached hydrogen (secondary N) is 2. The van der Waals surface area contributed by atoms with Crippen LogP contribution in [-0.2, 0) is 20.7 Å². The molecule has 3 atom stereocenters. The van der Waals surface area contributed by atoms with E-state index in [9.17, 15) is 19.5 Å². The van der Waals surface area contributed by atoms with E-state index in [0.29, 0.717) is 13.0 Å². The molecular weight excluding hydrogens is 482 g/mol. The van der Waals surface area contributed by atoms with E-state index in [0.717, 1.165) is 5.56 Å². The lowest BCUT2D eigenvalue weighted by atomic mass is 9.85. The number of carbonyl (C=O) groups is 3. The number of halogens is 1. The predicted octanol–water partition coefficient (Wildman–Crippen LogP) is 3.74. The van der Waals surface area contributed by atoms with Gasteiger partial charge >= 0.3 is 6.09 Å². The van der Waals surface area contributed by atoms with Gasteiger partial charge in [0.15, 0.2) is 0 Å². The Bertz CT molecular complexity index is 849. The zero-order valence-corrected chi connectivity index (χ0v) is 23.7.